The van der Waals surface area contributed by atoms with E-state index in [-0.39, 0.29) is 6.04 Å². The molecule has 1 aromatic carbocycles. The summed E-state index contributed by atoms with van der Waals surface area (Å²) in [6.07, 6.45) is 9.13. The zero-order valence-corrected chi connectivity index (χ0v) is 13.4. The van der Waals surface area contributed by atoms with Gasteiger partial charge in [-0.3, -0.25) is 0 Å². The van der Waals surface area contributed by atoms with Crippen molar-refractivity contribution >= 4 is 0 Å². The van der Waals surface area contributed by atoms with Gasteiger partial charge in [-0.25, -0.2) is 8.78 Å². The lowest BCUT2D eigenvalue weighted by Gasteiger charge is -2.20. The molecule has 0 bridgehead atoms. The Balaban J connectivity index is 2.53. The average Bonchev–Trinajstić information content (AvgIpc) is 2.49. The van der Waals surface area contributed by atoms with Gasteiger partial charge in [0.2, 0.25) is 0 Å². The van der Waals surface area contributed by atoms with E-state index >= 15 is 0 Å². The van der Waals surface area contributed by atoms with E-state index in [2.05, 4.69) is 19.2 Å². The highest BCUT2D eigenvalue weighted by atomic mass is 19.2. The molecule has 0 heterocycles. The van der Waals surface area contributed by atoms with Gasteiger partial charge in [-0.05, 0) is 25.5 Å². The molecule has 0 aromatic heterocycles. The molecule has 0 radical (unpaired) electrons. The number of hydrogen-bond donors (Lipinski definition) is 1. The molecule has 0 fully saturated rings. The molecular weight excluding hydrogens is 268 g/mol. The highest BCUT2D eigenvalue weighted by Crippen LogP contribution is 2.24. The third-order valence-electron chi connectivity index (χ3n) is 3.84. The zero-order chi connectivity index (χ0) is 15.5. The van der Waals surface area contributed by atoms with Crippen LogP contribution in [-0.4, -0.2) is 6.54 Å². The first kappa shape index (κ1) is 18.1. The van der Waals surface area contributed by atoms with Crippen molar-refractivity contribution < 1.29 is 8.78 Å². The van der Waals surface area contributed by atoms with Crippen molar-refractivity contribution in [3.63, 3.8) is 0 Å². The second-order valence-corrected chi connectivity index (χ2v) is 5.71. The van der Waals surface area contributed by atoms with Crippen LogP contribution >= 0.6 is 0 Å². The number of unbranched alkanes of at least 4 members (excludes halogenated alkanes) is 5. The Labute approximate surface area is 128 Å². The fourth-order valence-corrected chi connectivity index (χ4v) is 2.60. The van der Waals surface area contributed by atoms with Crippen LogP contribution in [0.1, 0.15) is 76.8 Å². The first-order valence-electron chi connectivity index (χ1n) is 8.38. The fraction of sp³-hybridized carbons (Fsp3) is 0.667. The van der Waals surface area contributed by atoms with Crippen molar-refractivity contribution in [2.45, 2.75) is 71.3 Å². The van der Waals surface area contributed by atoms with Gasteiger partial charge < -0.3 is 5.32 Å². The maximum atomic E-state index is 13.9. The van der Waals surface area contributed by atoms with E-state index in [1.165, 1.54) is 38.2 Å². The summed E-state index contributed by atoms with van der Waals surface area (Å²) in [6.45, 7) is 5.12. The second kappa shape index (κ2) is 10.7. The monoisotopic (exact) mass is 297 g/mol. The number of benzene rings is 1. The van der Waals surface area contributed by atoms with Gasteiger partial charge in [-0.15, -0.1) is 0 Å². The summed E-state index contributed by atoms with van der Waals surface area (Å²) in [4.78, 5) is 0. The molecule has 120 valence electrons. The molecule has 0 amide bonds. The van der Waals surface area contributed by atoms with Crippen molar-refractivity contribution in [2.75, 3.05) is 6.54 Å². The molecule has 1 rings (SSSR count). The van der Waals surface area contributed by atoms with Gasteiger partial charge in [-0.1, -0.05) is 64.5 Å². The van der Waals surface area contributed by atoms with Gasteiger partial charge in [-0.2, -0.15) is 0 Å². The summed E-state index contributed by atoms with van der Waals surface area (Å²) in [5, 5.41) is 3.35. The standard InChI is InChI=1S/C18H29F2N/c1-3-5-6-7-8-9-13-17(21-14-4-2)15-11-10-12-16(19)18(15)20/h10-12,17,21H,3-9,13-14H2,1-2H3. The van der Waals surface area contributed by atoms with Crippen LogP contribution in [0.15, 0.2) is 18.2 Å². The quantitative estimate of drug-likeness (QED) is 0.512. The lowest BCUT2D eigenvalue weighted by molar-refractivity contribution is 0.431. The zero-order valence-electron chi connectivity index (χ0n) is 13.4. The van der Waals surface area contributed by atoms with Crippen molar-refractivity contribution in [3.05, 3.63) is 35.4 Å². The Hall–Kier alpha value is -0.960. The van der Waals surface area contributed by atoms with Crippen LogP contribution in [0.2, 0.25) is 0 Å². The molecule has 1 nitrogen and oxygen atoms in total. The number of nitrogens with one attached hydrogen (secondary N) is 1. The number of hydrogen-bond acceptors (Lipinski definition) is 1. The molecule has 1 unspecified atom stereocenters. The van der Waals surface area contributed by atoms with Crippen LogP contribution in [0.5, 0.6) is 0 Å². The average molecular weight is 297 g/mol. The summed E-state index contributed by atoms with van der Waals surface area (Å²) in [6, 6.07) is 4.39. The van der Waals surface area contributed by atoms with E-state index in [1.54, 1.807) is 12.1 Å². The Morgan fingerprint density at radius 2 is 1.67 bits per heavy atom. The molecule has 3 heteroatoms. The molecule has 0 aliphatic heterocycles. The van der Waals surface area contributed by atoms with Crippen LogP contribution < -0.4 is 5.32 Å². The summed E-state index contributed by atoms with van der Waals surface area (Å²) < 4.78 is 27.3. The Bertz CT molecular complexity index is 393. The molecule has 1 aromatic rings. The van der Waals surface area contributed by atoms with Gasteiger partial charge in [0.05, 0.1) is 0 Å². The summed E-state index contributed by atoms with van der Waals surface area (Å²) in [7, 11) is 0. The maximum Gasteiger partial charge on any atom is 0.163 e. The van der Waals surface area contributed by atoms with Crippen LogP contribution in [0.25, 0.3) is 0 Å². The Morgan fingerprint density at radius 3 is 2.38 bits per heavy atom. The van der Waals surface area contributed by atoms with Gasteiger partial charge >= 0.3 is 0 Å². The highest BCUT2D eigenvalue weighted by molar-refractivity contribution is 5.22. The Morgan fingerprint density at radius 1 is 0.952 bits per heavy atom. The largest absolute Gasteiger partial charge is 0.310 e. The second-order valence-electron chi connectivity index (χ2n) is 5.71. The summed E-state index contributed by atoms with van der Waals surface area (Å²) in [5.41, 5.74) is 0.469. The van der Waals surface area contributed by atoms with Gasteiger partial charge in [0.15, 0.2) is 11.6 Å². The third kappa shape index (κ3) is 6.56. The van der Waals surface area contributed by atoms with Crippen LogP contribution in [0.4, 0.5) is 8.78 Å². The molecule has 1 atom stereocenters. The van der Waals surface area contributed by atoms with Crippen LogP contribution in [0, 0.1) is 11.6 Å². The van der Waals surface area contributed by atoms with Crippen molar-refractivity contribution in [3.8, 4) is 0 Å². The van der Waals surface area contributed by atoms with Crippen molar-refractivity contribution in [1.29, 1.82) is 0 Å². The summed E-state index contributed by atoms with van der Waals surface area (Å²) >= 11 is 0. The first-order valence-corrected chi connectivity index (χ1v) is 8.38. The maximum absolute atomic E-state index is 13.9. The Kier molecular flexibility index (Phi) is 9.24. The predicted octanol–water partition coefficient (Wildman–Crippen LogP) is 5.76. The minimum Gasteiger partial charge on any atom is -0.310 e. The normalized spacial score (nSPS) is 12.6. The van der Waals surface area contributed by atoms with E-state index in [9.17, 15) is 8.78 Å². The van der Waals surface area contributed by atoms with Gasteiger partial charge in [0.25, 0.3) is 0 Å². The minimum absolute atomic E-state index is 0.0770. The van der Waals surface area contributed by atoms with Gasteiger partial charge in [0, 0.05) is 11.6 Å². The van der Waals surface area contributed by atoms with Gasteiger partial charge in [0.1, 0.15) is 0 Å². The van der Waals surface area contributed by atoms with E-state index < -0.39 is 11.6 Å². The lowest BCUT2D eigenvalue weighted by Crippen LogP contribution is -2.23. The van der Waals surface area contributed by atoms with Crippen LogP contribution in [0.3, 0.4) is 0 Å². The van der Waals surface area contributed by atoms with E-state index in [0.717, 1.165) is 25.8 Å². The minimum atomic E-state index is -0.751. The van der Waals surface area contributed by atoms with E-state index in [4.69, 9.17) is 0 Å². The fourth-order valence-electron chi connectivity index (χ4n) is 2.60. The molecular formula is C18H29F2N. The van der Waals surface area contributed by atoms with E-state index in [0.29, 0.717) is 5.56 Å². The third-order valence-corrected chi connectivity index (χ3v) is 3.84. The summed E-state index contributed by atoms with van der Waals surface area (Å²) in [5.74, 6) is -1.45. The first-order chi connectivity index (χ1) is 10.2. The highest BCUT2D eigenvalue weighted by Gasteiger charge is 2.17. The smallest absolute Gasteiger partial charge is 0.163 e. The molecule has 0 aliphatic rings. The molecule has 1 N–H and O–H groups in total. The molecule has 0 saturated heterocycles. The molecule has 0 aliphatic carbocycles. The van der Waals surface area contributed by atoms with E-state index in [1.807, 2.05) is 0 Å². The molecule has 0 spiro atoms. The predicted molar refractivity (Wildman–Crippen MR) is 85.4 cm³/mol. The van der Waals surface area contributed by atoms with Crippen LogP contribution in [-0.2, 0) is 0 Å². The number of rotatable bonds is 11. The van der Waals surface area contributed by atoms with Crippen molar-refractivity contribution in [2.24, 2.45) is 0 Å². The molecule has 21 heavy (non-hydrogen) atoms. The lowest BCUT2D eigenvalue weighted by atomic mass is 9.98. The SMILES string of the molecule is CCCCCCCCC(NCCC)c1cccc(F)c1F. The van der Waals surface area contributed by atoms with Crippen molar-refractivity contribution in [1.82, 2.24) is 5.32 Å². The topological polar surface area (TPSA) is 12.0 Å². The number of halogens is 2. The molecule has 0 saturated carbocycles.